The molecule has 1 aliphatic heterocycles. The van der Waals surface area contributed by atoms with E-state index in [4.69, 9.17) is 4.42 Å². The van der Waals surface area contributed by atoms with Gasteiger partial charge in [-0.2, -0.15) is 0 Å². The van der Waals surface area contributed by atoms with E-state index in [0.717, 1.165) is 16.4 Å². The van der Waals surface area contributed by atoms with Crippen molar-refractivity contribution in [3.63, 3.8) is 0 Å². The summed E-state index contributed by atoms with van der Waals surface area (Å²) in [5.41, 5.74) is 0.958. The van der Waals surface area contributed by atoms with Crippen molar-refractivity contribution in [1.82, 2.24) is 0 Å². The van der Waals surface area contributed by atoms with E-state index in [9.17, 15) is 4.79 Å². The first-order valence-corrected chi connectivity index (χ1v) is 6.68. The van der Waals surface area contributed by atoms with Crippen molar-refractivity contribution in [2.45, 2.75) is 6.92 Å². The van der Waals surface area contributed by atoms with Gasteiger partial charge in [0.1, 0.15) is 16.6 Å². The number of furan rings is 1. The van der Waals surface area contributed by atoms with Gasteiger partial charge < -0.3 is 4.42 Å². The lowest BCUT2D eigenvalue weighted by molar-refractivity contribution is -0.113. The van der Waals surface area contributed by atoms with Crippen LogP contribution < -0.4 is 0 Å². The van der Waals surface area contributed by atoms with E-state index in [1.165, 1.54) is 11.8 Å². The first kappa shape index (κ1) is 12.0. The molecule has 3 rings (SSSR count). The summed E-state index contributed by atoms with van der Waals surface area (Å²) in [4.78, 5) is 16.5. The number of benzene rings is 1. The molecule has 0 saturated heterocycles. The maximum absolute atomic E-state index is 11.9. The molecule has 0 spiro atoms. The SMILES string of the molecule is Cc1ccc(C=C2SC(c3ccccc3)=NC2=O)o1. The Balaban J connectivity index is 1.86. The van der Waals surface area contributed by atoms with Crippen LogP contribution >= 0.6 is 11.8 Å². The second-order valence-electron chi connectivity index (χ2n) is 4.15. The van der Waals surface area contributed by atoms with Gasteiger partial charge in [0.15, 0.2) is 0 Å². The maximum atomic E-state index is 11.9. The number of hydrogen-bond donors (Lipinski definition) is 0. The van der Waals surface area contributed by atoms with Gasteiger partial charge in [-0.25, -0.2) is 4.99 Å². The molecule has 0 saturated carbocycles. The number of hydrogen-bond acceptors (Lipinski definition) is 3. The van der Waals surface area contributed by atoms with Crippen LogP contribution in [0.2, 0.25) is 0 Å². The summed E-state index contributed by atoms with van der Waals surface area (Å²) in [6.07, 6.45) is 1.74. The molecule has 0 bridgehead atoms. The van der Waals surface area contributed by atoms with Gasteiger partial charge >= 0.3 is 0 Å². The number of rotatable bonds is 2. The molecule has 1 aromatic heterocycles. The standard InChI is InChI=1S/C15H11NO2S/c1-10-7-8-12(18-10)9-13-14(17)16-15(19-13)11-5-3-2-4-6-11/h2-9H,1H3. The second-order valence-corrected chi connectivity index (χ2v) is 5.18. The largest absolute Gasteiger partial charge is 0.462 e. The summed E-state index contributed by atoms with van der Waals surface area (Å²) >= 11 is 1.38. The van der Waals surface area contributed by atoms with Crippen molar-refractivity contribution >= 4 is 28.8 Å². The van der Waals surface area contributed by atoms with Crippen LogP contribution in [-0.2, 0) is 4.79 Å². The van der Waals surface area contributed by atoms with Gasteiger partial charge in [0.2, 0.25) is 0 Å². The lowest BCUT2D eigenvalue weighted by Gasteiger charge is -1.97. The van der Waals surface area contributed by atoms with Crippen LogP contribution in [-0.4, -0.2) is 11.0 Å². The second kappa shape index (κ2) is 4.90. The van der Waals surface area contributed by atoms with Crippen LogP contribution in [0.15, 0.2) is 56.8 Å². The Morgan fingerprint density at radius 2 is 1.95 bits per heavy atom. The van der Waals surface area contributed by atoms with Crippen molar-refractivity contribution in [2.75, 3.05) is 0 Å². The number of carbonyl (C=O) groups is 1. The molecule has 0 N–H and O–H groups in total. The Labute approximate surface area is 115 Å². The third-order valence-corrected chi connectivity index (χ3v) is 3.71. The van der Waals surface area contributed by atoms with Gasteiger partial charge in [-0.15, -0.1) is 0 Å². The Hall–Kier alpha value is -2.07. The van der Waals surface area contributed by atoms with E-state index in [2.05, 4.69) is 4.99 Å². The van der Waals surface area contributed by atoms with E-state index in [1.54, 1.807) is 6.08 Å². The average molecular weight is 269 g/mol. The molecule has 0 aliphatic carbocycles. The molecule has 4 heteroatoms. The van der Waals surface area contributed by atoms with E-state index in [0.29, 0.717) is 10.7 Å². The predicted octanol–water partition coefficient (Wildman–Crippen LogP) is 3.65. The van der Waals surface area contributed by atoms with Gasteiger partial charge in [0.05, 0.1) is 4.91 Å². The van der Waals surface area contributed by atoms with Crippen molar-refractivity contribution in [2.24, 2.45) is 4.99 Å². The zero-order chi connectivity index (χ0) is 13.2. The molecule has 94 valence electrons. The van der Waals surface area contributed by atoms with Crippen molar-refractivity contribution in [3.8, 4) is 0 Å². The summed E-state index contributed by atoms with van der Waals surface area (Å²) in [6, 6.07) is 13.4. The Morgan fingerprint density at radius 3 is 2.63 bits per heavy atom. The fraction of sp³-hybridized carbons (Fsp3) is 0.0667. The molecule has 1 aliphatic rings. The highest BCUT2D eigenvalue weighted by atomic mass is 32.2. The zero-order valence-electron chi connectivity index (χ0n) is 10.3. The number of carbonyl (C=O) groups excluding carboxylic acids is 1. The minimum absolute atomic E-state index is 0.210. The minimum Gasteiger partial charge on any atom is -0.462 e. The summed E-state index contributed by atoms with van der Waals surface area (Å²) in [6.45, 7) is 1.87. The van der Waals surface area contributed by atoms with Crippen LogP contribution in [0.4, 0.5) is 0 Å². The molecule has 1 amide bonds. The summed E-state index contributed by atoms with van der Waals surface area (Å²) in [7, 11) is 0. The van der Waals surface area contributed by atoms with E-state index in [-0.39, 0.29) is 5.91 Å². The zero-order valence-corrected chi connectivity index (χ0v) is 11.1. The smallest absolute Gasteiger partial charge is 0.285 e. The molecule has 2 aromatic rings. The van der Waals surface area contributed by atoms with Gasteiger partial charge in [-0.1, -0.05) is 42.1 Å². The average Bonchev–Trinajstić information content (AvgIpc) is 2.98. The van der Waals surface area contributed by atoms with Crippen LogP contribution in [0.1, 0.15) is 17.1 Å². The fourth-order valence-corrected chi connectivity index (χ4v) is 2.67. The van der Waals surface area contributed by atoms with Gasteiger partial charge in [0.25, 0.3) is 5.91 Å². The Bertz CT molecular complexity index is 683. The highest BCUT2D eigenvalue weighted by Crippen LogP contribution is 2.31. The van der Waals surface area contributed by atoms with Crippen LogP contribution in [0.25, 0.3) is 6.08 Å². The lowest BCUT2D eigenvalue weighted by atomic mass is 10.2. The molecule has 0 unspecified atom stereocenters. The molecule has 2 heterocycles. The lowest BCUT2D eigenvalue weighted by Crippen LogP contribution is -1.89. The van der Waals surface area contributed by atoms with Gasteiger partial charge in [0, 0.05) is 11.6 Å². The molecule has 19 heavy (non-hydrogen) atoms. The topological polar surface area (TPSA) is 42.6 Å². The first-order valence-electron chi connectivity index (χ1n) is 5.87. The monoisotopic (exact) mass is 269 g/mol. The van der Waals surface area contributed by atoms with Crippen molar-refractivity contribution in [1.29, 1.82) is 0 Å². The molecule has 0 radical (unpaired) electrons. The Kier molecular flexibility index (Phi) is 3.09. The van der Waals surface area contributed by atoms with Crippen LogP contribution in [0.5, 0.6) is 0 Å². The number of aryl methyl sites for hydroxylation is 1. The molecule has 0 atom stereocenters. The Morgan fingerprint density at radius 1 is 1.16 bits per heavy atom. The van der Waals surface area contributed by atoms with E-state index in [1.807, 2.05) is 49.4 Å². The number of amides is 1. The van der Waals surface area contributed by atoms with Crippen LogP contribution in [0, 0.1) is 6.92 Å². The third-order valence-electron chi connectivity index (χ3n) is 2.68. The number of aliphatic imine (C=N–C) groups is 1. The summed E-state index contributed by atoms with van der Waals surface area (Å²) in [5, 5.41) is 0.736. The summed E-state index contributed by atoms with van der Waals surface area (Å²) in [5.74, 6) is 1.29. The molecule has 3 nitrogen and oxygen atoms in total. The number of nitrogens with zero attached hydrogens (tertiary/aromatic N) is 1. The number of thioether (sulfide) groups is 1. The normalized spacial score (nSPS) is 17.0. The highest BCUT2D eigenvalue weighted by Gasteiger charge is 2.23. The molecular weight excluding hydrogens is 258 g/mol. The molecular formula is C15H11NO2S. The first-order chi connectivity index (χ1) is 9.22. The molecule has 0 fully saturated rings. The van der Waals surface area contributed by atoms with E-state index < -0.39 is 0 Å². The highest BCUT2D eigenvalue weighted by molar-refractivity contribution is 8.19. The maximum Gasteiger partial charge on any atom is 0.285 e. The van der Waals surface area contributed by atoms with Crippen molar-refractivity contribution < 1.29 is 9.21 Å². The third kappa shape index (κ3) is 2.53. The van der Waals surface area contributed by atoms with Crippen LogP contribution in [0.3, 0.4) is 0 Å². The minimum atomic E-state index is -0.210. The predicted molar refractivity (Wildman–Crippen MR) is 77.0 cm³/mol. The summed E-state index contributed by atoms with van der Waals surface area (Å²) < 4.78 is 5.44. The van der Waals surface area contributed by atoms with Gasteiger partial charge in [-0.3, -0.25) is 4.79 Å². The molecule has 1 aromatic carbocycles. The fourth-order valence-electron chi connectivity index (χ4n) is 1.77. The van der Waals surface area contributed by atoms with Gasteiger partial charge in [-0.05, 0) is 19.1 Å². The van der Waals surface area contributed by atoms with E-state index >= 15 is 0 Å². The van der Waals surface area contributed by atoms with Crippen molar-refractivity contribution in [3.05, 3.63) is 64.5 Å². The quantitative estimate of drug-likeness (QED) is 0.781.